The smallest absolute Gasteiger partial charge is 0.225 e. The summed E-state index contributed by atoms with van der Waals surface area (Å²) in [5.41, 5.74) is 2.87. The standard InChI is InChI=1S/C19H26N4O3S/c1-14(2)27(25,26)22-11-7-6-10-19(24)23-18-13-20-17(12-21-18)16-9-5-4-8-15(16)3/h4-5,8-9,12-14,22H,6-7,10-11H2,1-3H3,(H,21,23,24). The molecule has 1 aromatic heterocycles. The first-order chi connectivity index (χ1) is 12.8. The summed E-state index contributed by atoms with van der Waals surface area (Å²) in [7, 11) is -3.25. The quantitative estimate of drug-likeness (QED) is 0.641. The number of benzene rings is 1. The maximum atomic E-state index is 12.0. The number of anilines is 1. The monoisotopic (exact) mass is 390 g/mol. The number of carbonyl (C=O) groups is 1. The first-order valence-electron chi connectivity index (χ1n) is 8.96. The molecule has 1 amide bonds. The maximum absolute atomic E-state index is 12.0. The van der Waals surface area contributed by atoms with Crippen LogP contribution in [0.25, 0.3) is 11.3 Å². The molecule has 0 aliphatic carbocycles. The number of nitrogens with zero attached hydrogens (tertiary/aromatic N) is 2. The molecule has 0 unspecified atom stereocenters. The second kappa shape index (κ2) is 9.57. The zero-order chi connectivity index (χ0) is 19.9. The number of aryl methyl sites for hydroxylation is 1. The molecule has 27 heavy (non-hydrogen) atoms. The van der Waals surface area contributed by atoms with Crippen molar-refractivity contribution in [2.45, 2.75) is 45.3 Å². The Balaban J connectivity index is 1.77. The molecule has 0 saturated heterocycles. The Hall–Kier alpha value is -2.32. The summed E-state index contributed by atoms with van der Waals surface area (Å²) in [5.74, 6) is 0.234. The number of hydrogen-bond acceptors (Lipinski definition) is 5. The molecule has 0 atom stereocenters. The van der Waals surface area contributed by atoms with Crippen LogP contribution in [-0.4, -0.2) is 36.1 Å². The average molecular weight is 391 g/mol. The van der Waals surface area contributed by atoms with Gasteiger partial charge in [-0.3, -0.25) is 9.78 Å². The van der Waals surface area contributed by atoms with Gasteiger partial charge in [-0.25, -0.2) is 18.1 Å². The summed E-state index contributed by atoms with van der Waals surface area (Å²) in [6, 6.07) is 7.90. The summed E-state index contributed by atoms with van der Waals surface area (Å²) < 4.78 is 25.8. The number of unbranched alkanes of at least 4 members (excludes halogenated alkanes) is 1. The van der Waals surface area contributed by atoms with Crippen molar-refractivity contribution < 1.29 is 13.2 Å². The average Bonchev–Trinajstić information content (AvgIpc) is 2.62. The van der Waals surface area contributed by atoms with Crippen LogP contribution in [0.15, 0.2) is 36.7 Å². The number of sulfonamides is 1. The molecular weight excluding hydrogens is 364 g/mol. The molecule has 0 spiro atoms. The third kappa shape index (κ3) is 6.41. The fourth-order valence-electron chi connectivity index (χ4n) is 2.39. The fraction of sp³-hybridized carbons (Fsp3) is 0.421. The molecule has 0 radical (unpaired) electrons. The number of amides is 1. The van der Waals surface area contributed by atoms with Crippen molar-refractivity contribution in [2.75, 3.05) is 11.9 Å². The molecule has 0 fully saturated rings. The fourth-order valence-corrected chi connectivity index (χ4v) is 3.15. The van der Waals surface area contributed by atoms with Gasteiger partial charge in [-0.1, -0.05) is 24.3 Å². The number of aromatic nitrogens is 2. The van der Waals surface area contributed by atoms with E-state index in [9.17, 15) is 13.2 Å². The van der Waals surface area contributed by atoms with E-state index in [0.29, 0.717) is 31.6 Å². The molecule has 2 aromatic rings. The van der Waals surface area contributed by atoms with Gasteiger partial charge in [-0.05, 0) is 39.2 Å². The van der Waals surface area contributed by atoms with Gasteiger partial charge in [0.25, 0.3) is 0 Å². The predicted octanol–water partition coefficient (Wildman–Crippen LogP) is 2.89. The van der Waals surface area contributed by atoms with Crippen molar-refractivity contribution in [3.8, 4) is 11.3 Å². The number of carbonyl (C=O) groups excluding carboxylic acids is 1. The zero-order valence-corrected chi connectivity index (χ0v) is 16.7. The molecule has 146 valence electrons. The SMILES string of the molecule is Cc1ccccc1-c1cnc(NC(=O)CCCCNS(=O)(=O)C(C)C)cn1. The second-order valence-corrected chi connectivity index (χ2v) is 8.92. The molecule has 1 heterocycles. The van der Waals surface area contributed by atoms with Gasteiger partial charge in [0.1, 0.15) is 0 Å². The van der Waals surface area contributed by atoms with E-state index < -0.39 is 15.3 Å². The Labute approximate surface area is 160 Å². The molecule has 0 bridgehead atoms. The van der Waals surface area contributed by atoms with Crippen molar-refractivity contribution >= 4 is 21.7 Å². The molecule has 0 aliphatic heterocycles. The van der Waals surface area contributed by atoms with Gasteiger partial charge in [-0.2, -0.15) is 0 Å². The highest BCUT2D eigenvalue weighted by molar-refractivity contribution is 7.90. The predicted molar refractivity (Wildman–Crippen MR) is 107 cm³/mol. The minimum Gasteiger partial charge on any atom is -0.309 e. The van der Waals surface area contributed by atoms with Crippen molar-refractivity contribution in [3.05, 3.63) is 42.2 Å². The topological polar surface area (TPSA) is 101 Å². The lowest BCUT2D eigenvalue weighted by Gasteiger charge is -2.09. The second-order valence-electron chi connectivity index (χ2n) is 6.60. The van der Waals surface area contributed by atoms with Crippen LogP contribution in [0.3, 0.4) is 0 Å². The highest BCUT2D eigenvalue weighted by atomic mass is 32.2. The van der Waals surface area contributed by atoms with Crippen LogP contribution in [0.5, 0.6) is 0 Å². The number of nitrogens with one attached hydrogen (secondary N) is 2. The third-order valence-corrected chi connectivity index (χ3v) is 5.94. The minimum absolute atomic E-state index is 0.167. The number of hydrogen-bond donors (Lipinski definition) is 2. The summed E-state index contributed by atoms with van der Waals surface area (Å²) in [5, 5.41) is 2.25. The summed E-state index contributed by atoms with van der Waals surface area (Å²) in [6.45, 7) is 5.59. The van der Waals surface area contributed by atoms with E-state index in [0.717, 1.165) is 16.8 Å². The first kappa shape index (κ1) is 21.0. The van der Waals surface area contributed by atoms with E-state index in [2.05, 4.69) is 20.0 Å². The summed E-state index contributed by atoms with van der Waals surface area (Å²) in [6.07, 6.45) is 4.65. The first-order valence-corrected chi connectivity index (χ1v) is 10.5. The van der Waals surface area contributed by atoms with E-state index in [1.165, 1.54) is 6.20 Å². The van der Waals surface area contributed by atoms with Crippen LogP contribution in [-0.2, 0) is 14.8 Å². The molecule has 0 aliphatic rings. The van der Waals surface area contributed by atoms with Crippen LogP contribution in [0.2, 0.25) is 0 Å². The van der Waals surface area contributed by atoms with E-state index >= 15 is 0 Å². The lowest BCUT2D eigenvalue weighted by atomic mass is 10.1. The molecule has 0 saturated carbocycles. The molecule has 1 aromatic carbocycles. The lowest BCUT2D eigenvalue weighted by Crippen LogP contribution is -2.31. The van der Waals surface area contributed by atoms with E-state index in [1.807, 2.05) is 31.2 Å². The van der Waals surface area contributed by atoms with Gasteiger partial charge in [0.2, 0.25) is 15.9 Å². The Morgan fingerprint density at radius 3 is 2.48 bits per heavy atom. The normalized spacial score (nSPS) is 11.6. The van der Waals surface area contributed by atoms with Gasteiger partial charge in [0.05, 0.1) is 23.3 Å². The van der Waals surface area contributed by atoms with E-state index in [-0.39, 0.29) is 5.91 Å². The Morgan fingerprint density at radius 1 is 1.11 bits per heavy atom. The molecule has 2 rings (SSSR count). The van der Waals surface area contributed by atoms with E-state index in [4.69, 9.17) is 0 Å². The van der Waals surface area contributed by atoms with Crippen LogP contribution >= 0.6 is 0 Å². The van der Waals surface area contributed by atoms with Gasteiger partial charge >= 0.3 is 0 Å². The van der Waals surface area contributed by atoms with Crippen LogP contribution < -0.4 is 10.0 Å². The van der Waals surface area contributed by atoms with E-state index in [1.54, 1.807) is 20.0 Å². The molecular formula is C19H26N4O3S. The lowest BCUT2D eigenvalue weighted by molar-refractivity contribution is -0.116. The third-order valence-electron chi connectivity index (χ3n) is 4.09. The zero-order valence-electron chi connectivity index (χ0n) is 15.9. The Kier molecular flexibility index (Phi) is 7.44. The summed E-state index contributed by atoms with van der Waals surface area (Å²) >= 11 is 0. The van der Waals surface area contributed by atoms with Crippen LogP contribution in [0.4, 0.5) is 5.82 Å². The summed E-state index contributed by atoms with van der Waals surface area (Å²) in [4.78, 5) is 20.6. The van der Waals surface area contributed by atoms with Gasteiger partial charge < -0.3 is 5.32 Å². The van der Waals surface area contributed by atoms with Crippen molar-refractivity contribution in [3.63, 3.8) is 0 Å². The Morgan fingerprint density at radius 2 is 1.85 bits per heavy atom. The van der Waals surface area contributed by atoms with Crippen molar-refractivity contribution in [1.29, 1.82) is 0 Å². The number of rotatable bonds is 9. The highest BCUT2D eigenvalue weighted by Crippen LogP contribution is 2.20. The maximum Gasteiger partial charge on any atom is 0.225 e. The molecule has 8 heteroatoms. The Bertz CT molecular complexity index is 865. The van der Waals surface area contributed by atoms with Gasteiger partial charge in [0, 0.05) is 18.5 Å². The van der Waals surface area contributed by atoms with Crippen LogP contribution in [0, 0.1) is 6.92 Å². The minimum atomic E-state index is -3.25. The van der Waals surface area contributed by atoms with Crippen LogP contribution in [0.1, 0.15) is 38.7 Å². The molecule has 2 N–H and O–H groups in total. The largest absolute Gasteiger partial charge is 0.309 e. The van der Waals surface area contributed by atoms with Crippen molar-refractivity contribution in [1.82, 2.24) is 14.7 Å². The van der Waals surface area contributed by atoms with Gasteiger partial charge in [0.15, 0.2) is 5.82 Å². The van der Waals surface area contributed by atoms with Crippen molar-refractivity contribution in [2.24, 2.45) is 0 Å². The highest BCUT2D eigenvalue weighted by Gasteiger charge is 2.14. The van der Waals surface area contributed by atoms with Gasteiger partial charge in [-0.15, -0.1) is 0 Å². The molecule has 7 nitrogen and oxygen atoms in total.